The van der Waals surface area contributed by atoms with E-state index in [4.69, 9.17) is 5.11 Å². The number of aliphatic hydroxyl groups excluding tert-OH is 1. The van der Waals surface area contributed by atoms with Crippen LogP contribution in [0.1, 0.15) is 26.3 Å². The average Bonchev–Trinajstić information content (AvgIpc) is 2.38. The van der Waals surface area contributed by atoms with Crippen LogP contribution in [0.2, 0.25) is 0 Å². The molecule has 0 radical (unpaired) electrons. The monoisotopic (exact) mass is 266 g/mol. The van der Waals surface area contributed by atoms with Crippen LogP contribution in [0.25, 0.3) is 0 Å². The van der Waals surface area contributed by atoms with Crippen LogP contribution >= 0.6 is 0 Å². The predicted molar refractivity (Wildman–Crippen MR) is 75.9 cm³/mol. The number of aliphatic hydroxyl groups is 1. The first-order valence-corrected chi connectivity index (χ1v) is 6.81. The molecule has 1 aromatic carbocycles. The third-order valence-corrected chi connectivity index (χ3v) is 3.80. The van der Waals surface area contributed by atoms with Gasteiger partial charge >= 0.3 is 0 Å². The Labute approximate surface area is 114 Å². The third-order valence-electron chi connectivity index (χ3n) is 3.80. The Hall–Kier alpha value is -1.13. The van der Waals surface area contributed by atoms with Gasteiger partial charge in [-0.05, 0) is 26.8 Å². The highest BCUT2D eigenvalue weighted by Crippen LogP contribution is 2.25. The molecule has 0 saturated carbocycles. The summed E-state index contributed by atoms with van der Waals surface area (Å²) in [5.41, 5.74) is 1.15. The van der Waals surface area contributed by atoms with Gasteiger partial charge in [0.25, 0.3) is 0 Å². The molecule has 106 valence electrons. The normalized spacial score (nSPS) is 17.8. The number of rotatable bonds is 2. The first-order valence-electron chi connectivity index (χ1n) is 6.81. The predicted octanol–water partition coefficient (Wildman–Crippen LogP) is 2.24. The van der Waals surface area contributed by atoms with Gasteiger partial charge < -0.3 is 10.0 Å². The molecule has 1 heterocycles. The van der Waals surface area contributed by atoms with Gasteiger partial charge in [0.05, 0.1) is 12.3 Å². The van der Waals surface area contributed by atoms with Crippen LogP contribution in [0.15, 0.2) is 18.2 Å². The van der Waals surface area contributed by atoms with Gasteiger partial charge in [-0.3, -0.25) is 4.90 Å². The molecule has 0 amide bonds. The van der Waals surface area contributed by atoms with Crippen molar-refractivity contribution in [2.45, 2.75) is 32.9 Å². The number of hydrogen-bond donors (Lipinski definition) is 1. The maximum absolute atomic E-state index is 14.2. The second kappa shape index (κ2) is 5.47. The molecule has 0 bridgehead atoms. The summed E-state index contributed by atoms with van der Waals surface area (Å²) >= 11 is 0. The van der Waals surface area contributed by atoms with Crippen molar-refractivity contribution in [3.63, 3.8) is 0 Å². The summed E-state index contributed by atoms with van der Waals surface area (Å²) in [7, 11) is 0. The number of benzene rings is 1. The van der Waals surface area contributed by atoms with E-state index in [9.17, 15) is 4.39 Å². The van der Waals surface area contributed by atoms with E-state index in [0.29, 0.717) is 11.3 Å². The van der Waals surface area contributed by atoms with E-state index in [1.807, 2.05) is 0 Å². The van der Waals surface area contributed by atoms with Crippen molar-refractivity contribution in [2.75, 3.05) is 31.1 Å². The average molecular weight is 266 g/mol. The van der Waals surface area contributed by atoms with Crippen molar-refractivity contribution in [3.8, 4) is 0 Å². The lowest BCUT2D eigenvalue weighted by molar-refractivity contribution is 0.128. The van der Waals surface area contributed by atoms with E-state index >= 15 is 0 Å². The molecule has 0 atom stereocenters. The molecular formula is C15H23FN2O. The minimum atomic E-state index is -0.283. The molecule has 1 aliphatic rings. The van der Waals surface area contributed by atoms with E-state index in [2.05, 4.69) is 30.6 Å². The summed E-state index contributed by atoms with van der Waals surface area (Å²) in [5, 5.41) is 9.12. The Bertz CT molecular complexity index is 434. The minimum Gasteiger partial charge on any atom is -0.392 e. The number of hydrogen-bond acceptors (Lipinski definition) is 3. The summed E-state index contributed by atoms with van der Waals surface area (Å²) < 4.78 is 14.2. The highest BCUT2D eigenvalue weighted by atomic mass is 19.1. The first kappa shape index (κ1) is 14.3. The molecule has 0 aliphatic carbocycles. The SMILES string of the molecule is CC(C)(C)N1CCN(c2cccc(CO)c2F)CC1. The molecule has 0 aromatic heterocycles. The largest absolute Gasteiger partial charge is 0.392 e. The molecule has 3 nitrogen and oxygen atoms in total. The van der Waals surface area contributed by atoms with Crippen molar-refractivity contribution >= 4 is 5.69 Å². The van der Waals surface area contributed by atoms with Crippen molar-refractivity contribution in [3.05, 3.63) is 29.6 Å². The maximum atomic E-state index is 14.2. The molecule has 19 heavy (non-hydrogen) atoms. The number of nitrogens with zero attached hydrogens (tertiary/aromatic N) is 2. The van der Waals surface area contributed by atoms with Gasteiger partial charge in [-0.15, -0.1) is 0 Å². The van der Waals surface area contributed by atoms with Crippen LogP contribution < -0.4 is 4.90 Å². The van der Waals surface area contributed by atoms with E-state index in [1.165, 1.54) is 0 Å². The van der Waals surface area contributed by atoms with E-state index in [1.54, 1.807) is 18.2 Å². The second-order valence-electron chi connectivity index (χ2n) is 6.05. The van der Waals surface area contributed by atoms with Crippen molar-refractivity contribution < 1.29 is 9.50 Å². The van der Waals surface area contributed by atoms with Gasteiger partial charge in [-0.25, -0.2) is 4.39 Å². The molecule has 1 N–H and O–H groups in total. The molecule has 1 fully saturated rings. The number of anilines is 1. The van der Waals surface area contributed by atoms with Gasteiger partial charge in [0.15, 0.2) is 5.82 Å². The highest BCUT2D eigenvalue weighted by molar-refractivity contribution is 5.50. The molecule has 4 heteroatoms. The molecule has 1 aromatic rings. The summed E-state index contributed by atoms with van der Waals surface area (Å²) in [5.74, 6) is -0.283. The first-order chi connectivity index (χ1) is 8.93. The van der Waals surface area contributed by atoms with E-state index in [-0.39, 0.29) is 18.0 Å². The smallest absolute Gasteiger partial charge is 0.151 e. The van der Waals surface area contributed by atoms with E-state index in [0.717, 1.165) is 26.2 Å². The highest BCUT2D eigenvalue weighted by Gasteiger charge is 2.27. The Morgan fingerprint density at radius 1 is 1.16 bits per heavy atom. The molecule has 0 spiro atoms. The van der Waals surface area contributed by atoms with Crippen molar-refractivity contribution in [1.29, 1.82) is 0 Å². The lowest BCUT2D eigenvalue weighted by atomic mass is 10.0. The Balaban J connectivity index is 2.10. The fourth-order valence-corrected chi connectivity index (χ4v) is 2.55. The summed E-state index contributed by atoms with van der Waals surface area (Å²) in [6.45, 7) is 9.88. The van der Waals surface area contributed by atoms with Crippen LogP contribution in [0.4, 0.5) is 10.1 Å². The van der Waals surface area contributed by atoms with Crippen LogP contribution in [-0.4, -0.2) is 41.7 Å². The number of piperazine rings is 1. The quantitative estimate of drug-likeness (QED) is 0.889. The fraction of sp³-hybridized carbons (Fsp3) is 0.600. The molecule has 0 unspecified atom stereocenters. The molecule has 1 aliphatic heterocycles. The zero-order valence-corrected chi connectivity index (χ0v) is 12.0. The van der Waals surface area contributed by atoms with Crippen LogP contribution in [-0.2, 0) is 6.61 Å². The van der Waals surface area contributed by atoms with Crippen molar-refractivity contribution in [2.24, 2.45) is 0 Å². The van der Waals surface area contributed by atoms with Gasteiger partial charge in [-0.2, -0.15) is 0 Å². The van der Waals surface area contributed by atoms with Gasteiger partial charge in [0.1, 0.15) is 0 Å². The van der Waals surface area contributed by atoms with Crippen molar-refractivity contribution in [1.82, 2.24) is 4.90 Å². The topological polar surface area (TPSA) is 26.7 Å². The Kier molecular flexibility index (Phi) is 4.11. The lowest BCUT2D eigenvalue weighted by Crippen LogP contribution is -2.53. The Morgan fingerprint density at radius 3 is 2.32 bits per heavy atom. The standard InChI is InChI=1S/C15H23FN2O/c1-15(2,3)18-9-7-17(8-10-18)13-6-4-5-12(11-19)14(13)16/h4-6,19H,7-11H2,1-3H3. The van der Waals surface area contributed by atoms with E-state index < -0.39 is 0 Å². The molecular weight excluding hydrogens is 243 g/mol. The molecule has 2 rings (SSSR count). The summed E-state index contributed by atoms with van der Waals surface area (Å²) in [6, 6.07) is 5.23. The zero-order valence-electron chi connectivity index (χ0n) is 12.0. The fourth-order valence-electron chi connectivity index (χ4n) is 2.55. The zero-order chi connectivity index (χ0) is 14.0. The maximum Gasteiger partial charge on any atom is 0.151 e. The van der Waals surface area contributed by atoms with Crippen LogP contribution in [0.5, 0.6) is 0 Å². The lowest BCUT2D eigenvalue weighted by Gasteiger charge is -2.43. The van der Waals surface area contributed by atoms with Gasteiger partial charge in [0.2, 0.25) is 0 Å². The van der Waals surface area contributed by atoms with Crippen LogP contribution in [0, 0.1) is 5.82 Å². The van der Waals surface area contributed by atoms with Gasteiger partial charge in [0, 0.05) is 37.3 Å². The van der Waals surface area contributed by atoms with Crippen LogP contribution in [0.3, 0.4) is 0 Å². The Morgan fingerprint density at radius 2 is 1.79 bits per heavy atom. The second-order valence-corrected chi connectivity index (χ2v) is 6.05. The summed E-state index contributed by atoms with van der Waals surface area (Å²) in [6.07, 6.45) is 0. The van der Waals surface area contributed by atoms with Gasteiger partial charge in [-0.1, -0.05) is 12.1 Å². The molecule has 1 saturated heterocycles. The summed E-state index contributed by atoms with van der Waals surface area (Å²) in [4.78, 5) is 4.48. The third kappa shape index (κ3) is 3.07. The minimum absolute atomic E-state index is 0.164. The number of halogens is 1.